The molecular weight excluding hydrogens is 793 g/mol. The lowest BCUT2D eigenvalue weighted by Gasteiger charge is -2.66. The fourth-order valence-corrected chi connectivity index (χ4v) is 18.4. The predicted molar refractivity (Wildman–Crippen MR) is 261 cm³/mol. The van der Waals surface area contributed by atoms with Crippen LogP contribution in [0.4, 0.5) is 0 Å². The second kappa shape index (κ2) is 19.2. The topological polar surface area (TPSA) is 68.3 Å². The molecule has 0 aromatic rings. The maximum absolute atomic E-state index is 12.7. The van der Waals surface area contributed by atoms with Crippen molar-refractivity contribution >= 4 is 11.8 Å². The number of ether oxygens (including phenoxy) is 3. The molecule has 16 atom stereocenters. The van der Waals surface area contributed by atoms with Crippen LogP contribution in [0.2, 0.25) is 0 Å². The van der Waals surface area contributed by atoms with E-state index >= 15 is 0 Å². The minimum atomic E-state index is -0.581. The summed E-state index contributed by atoms with van der Waals surface area (Å²) in [5, 5.41) is 0. The molecular formula is C57H98N2O5. The second-order valence-electron chi connectivity index (χ2n) is 25.7. The molecule has 0 N–H and O–H groups in total. The largest absolute Gasteiger partial charge is 0.377 e. The summed E-state index contributed by atoms with van der Waals surface area (Å²) in [5.74, 6) is 8.51. The zero-order valence-electron chi connectivity index (χ0n) is 44.0. The molecule has 7 heteroatoms. The molecule has 2 saturated heterocycles. The Labute approximate surface area is 393 Å². The Morgan fingerprint density at radius 2 is 1.14 bits per heavy atom. The van der Waals surface area contributed by atoms with Crippen molar-refractivity contribution in [3.8, 4) is 0 Å². The molecule has 7 nitrogen and oxygen atoms in total. The van der Waals surface area contributed by atoms with Gasteiger partial charge in [-0.25, -0.2) is 0 Å². The van der Waals surface area contributed by atoms with E-state index in [1.54, 1.807) is 0 Å². The van der Waals surface area contributed by atoms with Crippen molar-refractivity contribution in [3.05, 3.63) is 11.8 Å². The van der Waals surface area contributed by atoms with Gasteiger partial charge in [0.05, 0.1) is 6.10 Å². The first-order valence-electron chi connectivity index (χ1n) is 27.0. The van der Waals surface area contributed by atoms with Crippen LogP contribution in [-0.4, -0.2) is 75.0 Å². The highest BCUT2D eigenvalue weighted by Crippen LogP contribution is 2.70. The van der Waals surface area contributed by atoms with Crippen LogP contribution in [0.1, 0.15) is 191 Å². The molecule has 0 aromatic heterocycles. The third-order valence-corrected chi connectivity index (χ3v) is 22.0. The van der Waals surface area contributed by atoms with Crippen molar-refractivity contribution < 1.29 is 23.8 Å². The number of methoxy groups -OCH3 is 3. The van der Waals surface area contributed by atoms with Gasteiger partial charge >= 0.3 is 0 Å². The molecule has 8 aliphatic rings. The lowest BCUT2D eigenvalue weighted by atomic mass is 9.44. The van der Waals surface area contributed by atoms with Gasteiger partial charge in [0.1, 0.15) is 0 Å². The van der Waals surface area contributed by atoms with Crippen molar-refractivity contribution in [2.75, 3.05) is 35.4 Å². The van der Waals surface area contributed by atoms with E-state index in [-0.39, 0.29) is 34.8 Å². The van der Waals surface area contributed by atoms with Gasteiger partial charge in [-0.05, 0) is 152 Å². The van der Waals surface area contributed by atoms with Gasteiger partial charge in [-0.2, -0.15) is 0 Å². The van der Waals surface area contributed by atoms with Crippen LogP contribution in [0.3, 0.4) is 0 Å². The molecule has 0 radical (unpaired) electrons. The number of carbonyl (C=O) groups is 2. The first-order chi connectivity index (χ1) is 30.2. The molecule has 1 unspecified atom stereocenters. The summed E-state index contributed by atoms with van der Waals surface area (Å²) in [6, 6.07) is 0.205. The van der Waals surface area contributed by atoms with Gasteiger partial charge in [-0.3, -0.25) is 9.59 Å². The summed E-state index contributed by atoms with van der Waals surface area (Å²) in [5.41, 5.74) is 2.37. The minimum absolute atomic E-state index is 0.130. The molecule has 366 valence electrons. The normalized spacial score (nSPS) is 43.3. The Kier molecular flexibility index (Phi) is 15.1. The van der Waals surface area contributed by atoms with Crippen molar-refractivity contribution in [3.63, 3.8) is 0 Å². The van der Waals surface area contributed by atoms with E-state index in [2.05, 4.69) is 75.3 Å². The van der Waals surface area contributed by atoms with Crippen LogP contribution >= 0.6 is 0 Å². The first-order valence-corrected chi connectivity index (χ1v) is 27.0. The average Bonchev–Trinajstić information content (AvgIpc) is 3.80. The summed E-state index contributed by atoms with van der Waals surface area (Å²) in [6.07, 6.45) is 25.6. The molecule has 64 heavy (non-hydrogen) atoms. The zero-order chi connectivity index (χ0) is 46.7. The third-order valence-electron chi connectivity index (χ3n) is 22.0. The number of carbonyl (C=O) groups excluding carboxylic acids is 2. The number of amides is 2. The van der Waals surface area contributed by atoms with Crippen LogP contribution in [0, 0.1) is 92.7 Å². The van der Waals surface area contributed by atoms with Gasteiger partial charge in [-0.1, -0.05) is 108 Å². The molecule has 2 amide bonds. The van der Waals surface area contributed by atoms with Crippen molar-refractivity contribution in [2.24, 2.45) is 92.7 Å². The van der Waals surface area contributed by atoms with E-state index in [1.165, 1.54) is 95.6 Å². The lowest BCUT2D eigenvalue weighted by molar-refractivity contribution is -0.322. The Morgan fingerprint density at radius 3 is 1.69 bits per heavy atom. The molecule has 0 aromatic carbocycles. The van der Waals surface area contributed by atoms with E-state index in [0.717, 1.165) is 60.7 Å². The Bertz CT molecular complexity index is 1670. The maximum atomic E-state index is 12.7. The fraction of sp³-hybridized carbons (Fsp3) is 0.930. The zero-order valence-corrected chi connectivity index (χ0v) is 44.0. The number of allylic oxidation sites excluding steroid dienone is 1. The SMILES string of the molecule is COC1(OC)C[C@H]2N(C)C(=O)CC[C@]2(C)[C@H]2CC[C@]3(C)[C@@H]([C@H](C)CCCC(C)C)CC[C@H]3[C@@H]21.COC1C=C2N(C)C(=O)CC[C@]2(C)[C@H]2CC[C@]3(C)[C@@H]([C@H](C)CCCC(C)C)CC[C@H]3[C@H]12. The summed E-state index contributed by atoms with van der Waals surface area (Å²) in [7, 11) is 9.58. The summed E-state index contributed by atoms with van der Waals surface area (Å²) in [4.78, 5) is 29.1. The van der Waals surface area contributed by atoms with Gasteiger partial charge in [0.2, 0.25) is 11.8 Å². The fourth-order valence-electron chi connectivity index (χ4n) is 18.4. The van der Waals surface area contributed by atoms with Gasteiger partial charge in [0, 0.05) is 77.8 Å². The third kappa shape index (κ3) is 8.44. The monoisotopic (exact) mass is 891 g/mol. The van der Waals surface area contributed by atoms with Gasteiger partial charge in [0.15, 0.2) is 5.79 Å². The highest BCUT2D eigenvalue weighted by molar-refractivity contribution is 5.79. The number of likely N-dealkylation sites (tertiary alicyclic amines) is 2. The average molecular weight is 891 g/mol. The van der Waals surface area contributed by atoms with Gasteiger partial charge in [0.25, 0.3) is 0 Å². The standard InChI is InChI=1S/C29H51NO3.C28H47NO2/c1-19(2)10-9-11-20(3)21-12-13-22-26-23(14-16-27(21,22)4)28(5)17-15-25(31)30(6)24(28)18-29(26,32-7)33-8;1-18(2)9-8-10-19(3)20-11-12-21-26-22(13-15-27(20,21)4)28(5)16-14-25(30)29(6)24(28)17-23(26)31-7/h19-24,26H,9-18H2,1-8H3;17-23,26H,8-16H2,1-7H3/t20-,21-,22+,23+,24-,26+,27-,28-;19-,20-,21+,22+,23?,26+,27-,28-/m11/s1. The molecule has 0 bridgehead atoms. The first kappa shape index (κ1) is 50.4. The van der Waals surface area contributed by atoms with E-state index in [0.29, 0.717) is 53.3 Å². The molecule has 8 rings (SSSR count). The number of piperidine rings is 2. The number of hydrogen-bond acceptors (Lipinski definition) is 5. The van der Waals surface area contributed by atoms with Crippen molar-refractivity contribution in [1.29, 1.82) is 0 Å². The highest BCUT2D eigenvalue weighted by atomic mass is 16.7. The predicted octanol–water partition coefficient (Wildman–Crippen LogP) is 13.2. The number of nitrogens with zero attached hydrogens (tertiary/aromatic N) is 2. The highest BCUT2D eigenvalue weighted by Gasteiger charge is 2.69. The van der Waals surface area contributed by atoms with Crippen LogP contribution in [0.15, 0.2) is 11.8 Å². The van der Waals surface area contributed by atoms with E-state index in [1.807, 2.05) is 45.2 Å². The van der Waals surface area contributed by atoms with Gasteiger partial charge in [-0.15, -0.1) is 0 Å². The van der Waals surface area contributed by atoms with Crippen LogP contribution < -0.4 is 0 Å². The Balaban J connectivity index is 0.000000192. The number of fused-ring (bicyclic) bond motifs is 10. The molecule has 6 aliphatic carbocycles. The van der Waals surface area contributed by atoms with E-state index in [9.17, 15) is 9.59 Å². The van der Waals surface area contributed by atoms with Gasteiger partial charge < -0.3 is 24.0 Å². The van der Waals surface area contributed by atoms with Crippen molar-refractivity contribution in [1.82, 2.24) is 9.80 Å². The Morgan fingerprint density at radius 1 is 0.625 bits per heavy atom. The summed E-state index contributed by atoms with van der Waals surface area (Å²) >= 11 is 0. The van der Waals surface area contributed by atoms with Crippen LogP contribution in [0.5, 0.6) is 0 Å². The summed E-state index contributed by atoms with van der Waals surface area (Å²) < 4.78 is 18.9. The van der Waals surface area contributed by atoms with E-state index < -0.39 is 5.79 Å². The number of rotatable bonds is 13. The number of hydrogen-bond donors (Lipinski definition) is 0. The summed E-state index contributed by atoms with van der Waals surface area (Å²) in [6.45, 7) is 24.7. The lowest BCUT2D eigenvalue weighted by Crippen LogP contribution is -2.69. The van der Waals surface area contributed by atoms with Crippen LogP contribution in [0.25, 0.3) is 0 Å². The molecule has 2 aliphatic heterocycles. The Hall–Kier alpha value is -1.44. The molecule has 2 heterocycles. The minimum Gasteiger partial charge on any atom is -0.377 e. The molecule has 7 fully saturated rings. The second-order valence-corrected chi connectivity index (χ2v) is 25.7. The smallest absolute Gasteiger partial charge is 0.226 e. The molecule has 5 saturated carbocycles. The molecule has 0 spiro atoms. The van der Waals surface area contributed by atoms with E-state index in [4.69, 9.17) is 14.2 Å². The maximum Gasteiger partial charge on any atom is 0.226 e. The van der Waals surface area contributed by atoms with Crippen molar-refractivity contribution in [2.45, 2.75) is 209 Å². The quantitative estimate of drug-likeness (QED) is 0.172. The van der Waals surface area contributed by atoms with Crippen LogP contribution in [-0.2, 0) is 23.8 Å².